The van der Waals surface area contributed by atoms with Gasteiger partial charge in [-0.25, -0.2) is 4.98 Å². The molecule has 5 nitrogen and oxygen atoms in total. The van der Waals surface area contributed by atoms with Crippen molar-refractivity contribution >= 4 is 11.0 Å². The van der Waals surface area contributed by atoms with Gasteiger partial charge >= 0.3 is 0 Å². The van der Waals surface area contributed by atoms with E-state index in [0.29, 0.717) is 16.9 Å². The Bertz CT molecular complexity index is 496. The molecule has 0 aromatic carbocycles. The predicted molar refractivity (Wildman–Crippen MR) is 48.6 cm³/mol. The van der Waals surface area contributed by atoms with Crippen LogP contribution in [0.25, 0.3) is 11.0 Å². The maximum Gasteiger partial charge on any atom is 0.262 e. The van der Waals surface area contributed by atoms with Crippen LogP contribution in [0, 0.1) is 6.92 Å². The van der Waals surface area contributed by atoms with E-state index in [-0.39, 0.29) is 5.56 Å². The van der Waals surface area contributed by atoms with Crippen molar-refractivity contribution in [3.05, 3.63) is 21.9 Å². The highest BCUT2D eigenvalue weighted by atomic mass is 16.1. The molecule has 2 rings (SSSR count). The lowest BCUT2D eigenvalue weighted by Gasteiger charge is -1.92. The van der Waals surface area contributed by atoms with Gasteiger partial charge in [-0.1, -0.05) is 6.92 Å². The third-order valence-electron chi connectivity index (χ3n) is 1.97. The number of hydrogen-bond donors (Lipinski definition) is 2. The first-order valence-corrected chi connectivity index (χ1v) is 4.16. The van der Waals surface area contributed by atoms with E-state index in [1.807, 2.05) is 6.92 Å². The van der Waals surface area contributed by atoms with E-state index in [1.165, 1.54) is 0 Å². The van der Waals surface area contributed by atoms with Crippen molar-refractivity contribution in [2.45, 2.75) is 20.3 Å². The summed E-state index contributed by atoms with van der Waals surface area (Å²) >= 11 is 0. The highest BCUT2D eigenvalue weighted by molar-refractivity contribution is 5.76. The third kappa shape index (κ3) is 1.12. The van der Waals surface area contributed by atoms with Crippen LogP contribution in [0.3, 0.4) is 0 Å². The molecule has 0 saturated heterocycles. The van der Waals surface area contributed by atoms with Gasteiger partial charge in [0.25, 0.3) is 5.56 Å². The Morgan fingerprint density at radius 3 is 2.92 bits per heavy atom. The smallest absolute Gasteiger partial charge is 0.262 e. The average molecular weight is 178 g/mol. The Morgan fingerprint density at radius 2 is 2.23 bits per heavy atom. The molecule has 0 aliphatic carbocycles. The lowest BCUT2D eigenvalue weighted by molar-refractivity contribution is 0.981. The van der Waals surface area contributed by atoms with Crippen molar-refractivity contribution in [1.29, 1.82) is 0 Å². The van der Waals surface area contributed by atoms with Crippen molar-refractivity contribution in [2.24, 2.45) is 0 Å². The van der Waals surface area contributed by atoms with Gasteiger partial charge in [0.1, 0.15) is 11.2 Å². The number of aryl methyl sites for hydroxylation is 2. The second kappa shape index (κ2) is 2.69. The first-order chi connectivity index (χ1) is 6.22. The molecule has 0 aliphatic heterocycles. The number of nitrogens with zero attached hydrogens (tertiary/aromatic N) is 2. The molecule has 0 radical (unpaired) electrons. The summed E-state index contributed by atoms with van der Waals surface area (Å²) in [7, 11) is 0. The van der Waals surface area contributed by atoms with Crippen LogP contribution in [0.4, 0.5) is 0 Å². The molecule has 0 fully saturated rings. The van der Waals surface area contributed by atoms with E-state index in [0.717, 1.165) is 12.1 Å². The van der Waals surface area contributed by atoms with Crippen LogP contribution in [-0.4, -0.2) is 20.2 Å². The zero-order chi connectivity index (χ0) is 9.42. The van der Waals surface area contributed by atoms with Crippen LogP contribution < -0.4 is 5.56 Å². The summed E-state index contributed by atoms with van der Waals surface area (Å²) in [6.45, 7) is 3.70. The largest absolute Gasteiger partial charge is 0.310 e. The molecule has 0 unspecified atom stereocenters. The van der Waals surface area contributed by atoms with Crippen molar-refractivity contribution in [3.63, 3.8) is 0 Å². The summed E-state index contributed by atoms with van der Waals surface area (Å²) in [5.41, 5.74) is 1.22. The van der Waals surface area contributed by atoms with Crippen LogP contribution in [0.2, 0.25) is 0 Å². The SMILES string of the molecule is CCc1[nH]nc2nc(C)[nH]c(=O)c12. The van der Waals surface area contributed by atoms with Gasteiger partial charge in [0.2, 0.25) is 0 Å². The summed E-state index contributed by atoms with van der Waals surface area (Å²) in [5.74, 6) is 0.589. The minimum Gasteiger partial charge on any atom is -0.310 e. The maximum absolute atomic E-state index is 11.5. The maximum atomic E-state index is 11.5. The lowest BCUT2D eigenvalue weighted by atomic mass is 10.2. The van der Waals surface area contributed by atoms with E-state index < -0.39 is 0 Å². The first kappa shape index (κ1) is 7.97. The van der Waals surface area contributed by atoms with E-state index in [2.05, 4.69) is 20.2 Å². The van der Waals surface area contributed by atoms with Gasteiger partial charge in [-0.05, 0) is 13.3 Å². The minimum atomic E-state index is -0.117. The molecule has 5 heteroatoms. The molecule has 2 aromatic rings. The molecule has 0 aliphatic rings. The Kier molecular flexibility index (Phi) is 1.65. The van der Waals surface area contributed by atoms with Gasteiger partial charge in [0, 0.05) is 0 Å². The number of hydrogen-bond acceptors (Lipinski definition) is 3. The second-order valence-corrected chi connectivity index (χ2v) is 2.91. The lowest BCUT2D eigenvalue weighted by Crippen LogP contribution is -2.09. The zero-order valence-corrected chi connectivity index (χ0v) is 7.51. The fourth-order valence-corrected chi connectivity index (χ4v) is 1.36. The molecule has 68 valence electrons. The van der Waals surface area contributed by atoms with E-state index in [1.54, 1.807) is 6.92 Å². The molecule has 13 heavy (non-hydrogen) atoms. The summed E-state index contributed by atoms with van der Waals surface area (Å²) < 4.78 is 0. The first-order valence-electron chi connectivity index (χ1n) is 4.16. The van der Waals surface area contributed by atoms with E-state index >= 15 is 0 Å². The Hall–Kier alpha value is -1.65. The zero-order valence-electron chi connectivity index (χ0n) is 7.51. The predicted octanol–water partition coefficient (Wildman–Crippen LogP) is 0.517. The van der Waals surface area contributed by atoms with Gasteiger partial charge in [-0.2, -0.15) is 5.10 Å². The number of fused-ring (bicyclic) bond motifs is 1. The van der Waals surface area contributed by atoms with E-state index in [4.69, 9.17) is 0 Å². The van der Waals surface area contributed by atoms with Crippen LogP contribution in [0.5, 0.6) is 0 Å². The standard InChI is InChI=1S/C8H10N4O/c1-3-5-6-7(12-11-5)9-4(2)10-8(6)13/h3H2,1-2H3,(H2,9,10,11,12,13). The highest BCUT2D eigenvalue weighted by Crippen LogP contribution is 2.08. The number of H-pyrrole nitrogens is 2. The highest BCUT2D eigenvalue weighted by Gasteiger charge is 2.08. The number of rotatable bonds is 1. The summed E-state index contributed by atoms with van der Waals surface area (Å²) in [6, 6.07) is 0. The van der Waals surface area contributed by atoms with Crippen molar-refractivity contribution < 1.29 is 0 Å². The van der Waals surface area contributed by atoms with Gasteiger partial charge in [0.15, 0.2) is 5.65 Å². The van der Waals surface area contributed by atoms with Crippen molar-refractivity contribution in [3.8, 4) is 0 Å². The molecule has 0 spiro atoms. The normalized spacial score (nSPS) is 10.9. The fraction of sp³-hybridized carbons (Fsp3) is 0.375. The Morgan fingerprint density at radius 1 is 1.46 bits per heavy atom. The summed E-state index contributed by atoms with van der Waals surface area (Å²) in [4.78, 5) is 18.2. The van der Waals surface area contributed by atoms with Crippen LogP contribution in [-0.2, 0) is 6.42 Å². The third-order valence-corrected chi connectivity index (χ3v) is 1.97. The minimum absolute atomic E-state index is 0.117. The Balaban J connectivity index is 2.90. The van der Waals surface area contributed by atoms with Gasteiger partial charge in [-0.3, -0.25) is 9.89 Å². The van der Waals surface area contributed by atoms with Crippen LogP contribution in [0.15, 0.2) is 4.79 Å². The topological polar surface area (TPSA) is 74.4 Å². The van der Waals surface area contributed by atoms with Crippen molar-refractivity contribution in [1.82, 2.24) is 20.2 Å². The second-order valence-electron chi connectivity index (χ2n) is 2.91. The molecule has 0 saturated carbocycles. The molecular formula is C8H10N4O. The monoisotopic (exact) mass is 178 g/mol. The number of aromatic amines is 2. The van der Waals surface area contributed by atoms with Gasteiger partial charge in [-0.15, -0.1) is 0 Å². The molecule has 0 amide bonds. The molecule has 2 N–H and O–H groups in total. The summed E-state index contributed by atoms with van der Waals surface area (Å²) in [5, 5.41) is 7.33. The quantitative estimate of drug-likeness (QED) is 0.668. The molecule has 0 bridgehead atoms. The number of nitrogens with one attached hydrogen (secondary N) is 2. The van der Waals surface area contributed by atoms with Gasteiger partial charge in [0.05, 0.1) is 5.69 Å². The average Bonchev–Trinajstić information content (AvgIpc) is 2.47. The fourth-order valence-electron chi connectivity index (χ4n) is 1.36. The van der Waals surface area contributed by atoms with Crippen molar-refractivity contribution in [2.75, 3.05) is 0 Å². The Labute approximate surface area is 74.2 Å². The van der Waals surface area contributed by atoms with Gasteiger partial charge < -0.3 is 4.98 Å². The molecule has 2 aromatic heterocycles. The molecule has 0 atom stereocenters. The number of aromatic nitrogens is 4. The van der Waals surface area contributed by atoms with E-state index in [9.17, 15) is 4.79 Å². The summed E-state index contributed by atoms with van der Waals surface area (Å²) in [6.07, 6.45) is 0.754. The molecular weight excluding hydrogens is 168 g/mol. The van der Waals surface area contributed by atoms with Crippen LogP contribution in [0.1, 0.15) is 18.4 Å². The molecule has 2 heterocycles. The van der Waals surface area contributed by atoms with Crippen LogP contribution >= 0.6 is 0 Å².